The fourth-order valence-corrected chi connectivity index (χ4v) is 3.60. The Labute approximate surface area is 173 Å². The molecule has 1 aromatic heterocycles. The van der Waals surface area contributed by atoms with Crippen LogP contribution in [0.1, 0.15) is 116 Å². The molecule has 0 saturated heterocycles. The molecule has 0 amide bonds. The first-order chi connectivity index (χ1) is 13.9. The van der Waals surface area contributed by atoms with E-state index in [1.165, 1.54) is 96.3 Å². The Morgan fingerprint density at radius 3 is 1.71 bits per heavy atom. The number of hydrogen-bond acceptors (Lipinski definition) is 4. The van der Waals surface area contributed by atoms with Gasteiger partial charge in [-0.15, -0.1) is 5.10 Å². The van der Waals surface area contributed by atoms with Gasteiger partial charge in [0.2, 0.25) is 0 Å². The Bertz CT molecular complexity index is 412. The zero-order valence-corrected chi connectivity index (χ0v) is 18.4. The molecule has 0 radical (unpaired) electrons. The van der Waals surface area contributed by atoms with Gasteiger partial charge in [0.1, 0.15) is 0 Å². The van der Waals surface area contributed by atoms with Gasteiger partial charge in [0.25, 0.3) is 0 Å². The highest BCUT2D eigenvalue weighted by atomic mass is 16.5. The Balaban J connectivity index is 1.74. The van der Waals surface area contributed by atoms with Crippen molar-refractivity contribution < 1.29 is 9.84 Å². The van der Waals surface area contributed by atoms with Crippen molar-refractivity contribution in [2.75, 3.05) is 19.8 Å². The van der Waals surface area contributed by atoms with Crippen molar-refractivity contribution in [2.24, 2.45) is 0 Å². The molecule has 1 unspecified atom stereocenters. The maximum Gasteiger partial charge on any atom is 0.1000 e. The van der Waals surface area contributed by atoms with Crippen molar-refractivity contribution in [3.63, 3.8) is 0 Å². The third-order valence-electron chi connectivity index (χ3n) is 5.48. The molecule has 1 N–H and O–H groups in total. The van der Waals surface area contributed by atoms with E-state index in [0.29, 0.717) is 6.61 Å². The average Bonchev–Trinajstić information content (AvgIpc) is 3.24. The van der Waals surface area contributed by atoms with E-state index in [2.05, 4.69) is 17.2 Å². The summed E-state index contributed by atoms with van der Waals surface area (Å²) in [5.74, 6) is 0. The SMILES string of the molecule is CCCCCCCCCCCCCCCCCCOCC(CO)n1ccnn1. The van der Waals surface area contributed by atoms with Gasteiger partial charge < -0.3 is 9.84 Å². The minimum absolute atomic E-state index is 0.0301. The predicted molar refractivity (Wildman–Crippen MR) is 117 cm³/mol. The monoisotopic (exact) mass is 395 g/mol. The summed E-state index contributed by atoms with van der Waals surface area (Å²) in [5, 5.41) is 17.1. The highest BCUT2D eigenvalue weighted by Crippen LogP contribution is 2.13. The molecule has 0 saturated carbocycles. The quantitative estimate of drug-likeness (QED) is 0.256. The minimum atomic E-state index is -0.122. The fourth-order valence-electron chi connectivity index (χ4n) is 3.60. The summed E-state index contributed by atoms with van der Waals surface area (Å²) < 4.78 is 7.34. The number of aliphatic hydroxyl groups excluding tert-OH is 1. The molecule has 0 spiro atoms. The number of hydrogen-bond donors (Lipinski definition) is 1. The molecule has 5 heteroatoms. The van der Waals surface area contributed by atoms with E-state index in [1.807, 2.05) is 0 Å². The van der Waals surface area contributed by atoms with Gasteiger partial charge in [-0.2, -0.15) is 0 Å². The normalized spacial score (nSPS) is 12.5. The van der Waals surface area contributed by atoms with Gasteiger partial charge in [-0.3, -0.25) is 0 Å². The van der Waals surface area contributed by atoms with Gasteiger partial charge in [0.15, 0.2) is 0 Å². The average molecular weight is 396 g/mol. The Hall–Kier alpha value is -0.940. The maximum absolute atomic E-state index is 9.37. The second-order valence-corrected chi connectivity index (χ2v) is 8.10. The molecule has 1 heterocycles. The highest BCUT2D eigenvalue weighted by Gasteiger charge is 2.10. The Kier molecular flexibility index (Phi) is 17.4. The standard InChI is InChI=1S/C23H45N3O2/c1-2-3-4-5-6-7-8-9-10-11-12-13-14-15-16-17-20-28-22-23(21-27)26-19-18-24-25-26/h18-19,23,27H,2-17,20-22H2,1H3. The van der Waals surface area contributed by atoms with Gasteiger partial charge in [-0.1, -0.05) is 108 Å². The first-order valence-corrected chi connectivity index (χ1v) is 11.9. The maximum atomic E-state index is 9.37. The number of nitrogens with zero attached hydrogens (tertiary/aromatic N) is 3. The molecular formula is C23H45N3O2. The van der Waals surface area contributed by atoms with Crippen LogP contribution in [0, 0.1) is 0 Å². The largest absolute Gasteiger partial charge is 0.394 e. The van der Waals surface area contributed by atoms with E-state index in [4.69, 9.17) is 4.74 Å². The molecule has 5 nitrogen and oxygen atoms in total. The van der Waals surface area contributed by atoms with Gasteiger partial charge in [-0.05, 0) is 6.42 Å². The lowest BCUT2D eigenvalue weighted by Crippen LogP contribution is -2.20. The lowest BCUT2D eigenvalue weighted by atomic mass is 10.0. The second-order valence-electron chi connectivity index (χ2n) is 8.10. The van der Waals surface area contributed by atoms with Crippen LogP contribution in [0.2, 0.25) is 0 Å². The number of rotatable bonds is 21. The van der Waals surface area contributed by atoms with Crippen LogP contribution in [0.4, 0.5) is 0 Å². The van der Waals surface area contributed by atoms with Crippen molar-refractivity contribution >= 4 is 0 Å². The fraction of sp³-hybridized carbons (Fsp3) is 0.913. The van der Waals surface area contributed by atoms with Gasteiger partial charge in [0, 0.05) is 12.8 Å². The number of aliphatic hydroxyl groups is 1. The van der Waals surface area contributed by atoms with Crippen LogP contribution in [0.25, 0.3) is 0 Å². The van der Waals surface area contributed by atoms with Crippen molar-refractivity contribution in [2.45, 2.75) is 116 Å². The molecule has 0 bridgehead atoms. The van der Waals surface area contributed by atoms with Gasteiger partial charge >= 0.3 is 0 Å². The summed E-state index contributed by atoms with van der Waals surface area (Å²) in [6.07, 6.45) is 25.5. The van der Waals surface area contributed by atoms with E-state index in [9.17, 15) is 5.11 Å². The van der Waals surface area contributed by atoms with Crippen LogP contribution in [-0.2, 0) is 4.74 Å². The number of ether oxygens (including phenoxy) is 1. The van der Waals surface area contributed by atoms with Crippen LogP contribution in [0.3, 0.4) is 0 Å². The number of unbranched alkanes of at least 4 members (excludes halogenated alkanes) is 15. The molecule has 164 valence electrons. The minimum Gasteiger partial charge on any atom is -0.394 e. The van der Waals surface area contributed by atoms with Gasteiger partial charge in [-0.25, -0.2) is 4.68 Å². The van der Waals surface area contributed by atoms with Crippen molar-refractivity contribution in [3.05, 3.63) is 12.4 Å². The molecule has 0 aromatic carbocycles. The summed E-state index contributed by atoms with van der Waals surface area (Å²) in [5.41, 5.74) is 0. The first kappa shape index (κ1) is 25.1. The predicted octanol–water partition coefficient (Wildman–Crippen LogP) is 6.09. The lowest BCUT2D eigenvalue weighted by Gasteiger charge is -2.14. The van der Waals surface area contributed by atoms with Crippen LogP contribution in [0.5, 0.6) is 0 Å². The van der Waals surface area contributed by atoms with Crippen LogP contribution >= 0.6 is 0 Å². The molecule has 0 aliphatic carbocycles. The van der Waals surface area contributed by atoms with E-state index in [-0.39, 0.29) is 12.6 Å². The summed E-state index contributed by atoms with van der Waals surface area (Å²) >= 11 is 0. The van der Waals surface area contributed by atoms with Crippen LogP contribution < -0.4 is 0 Å². The molecule has 28 heavy (non-hydrogen) atoms. The van der Waals surface area contributed by atoms with Crippen molar-refractivity contribution in [3.8, 4) is 0 Å². The Morgan fingerprint density at radius 1 is 0.786 bits per heavy atom. The molecule has 0 aliphatic rings. The molecule has 1 aromatic rings. The van der Waals surface area contributed by atoms with E-state index < -0.39 is 0 Å². The van der Waals surface area contributed by atoms with E-state index in [1.54, 1.807) is 17.1 Å². The smallest absolute Gasteiger partial charge is 0.1000 e. The second kappa shape index (κ2) is 19.4. The zero-order valence-electron chi connectivity index (χ0n) is 18.4. The van der Waals surface area contributed by atoms with E-state index in [0.717, 1.165) is 13.0 Å². The van der Waals surface area contributed by atoms with E-state index >= 15 is 0 Å². The third kappa shape index (κ3) is 14.1. The molecular weight excluding hydrogens is 350 g/mol. The first-order valence-electron chi connectivity index (χ1n) is 11.9. The summed E-state index contributed by atoms with van der Waals surface area (Å²) in [6, 6.07) is -0.122. The number of aromatic nitrogens is 3. The molecule has 0 aliphatic heterocycles. The van der Waals surface area contributed by atoms with Crippen LogP contribution in [0.15, 0.2) is 12.4 Å². The highest BCUT2D eigenvalue weighted by molar-refractivity contribution is 4.71. The molecule has 0 fully saturated rings. The third-order valence-corrected chi connectivity index (χ3v) is 5.48. The van der Waals surface area contributed by atoms with Crippen LogP contribution in [-0.4, -0.2) is 39.9 Å². The molecule has 1 rings (SSSR count). The molecule has 1 atom stereocenters. The van der Waals surface area contributed by atoms with Gasteiger partial charge in [0.05, 0.1) is 25.5 Å². The summed E-state index contributed by atoms with van der Waals surface area (Å²) in [6.45, 7) is 3.58. The topological polar surface area (TPSA) is 60.2 Å². The summed E-state index contributed by atoms with van der Waals surface area (Å²) in [7, 11) is 0. The summed E-state index contributed by atoms with van der Waals surface area (Å²) in [4.78, 5) is 0. The Morgan fingerprint density at radius 2 is 1.29 bits per heavy atom. The van der Waals surface area contributed by atoms with Crippen molar-refractivity contribution in [1.82, 2.24) is 15.0 Å². The zero-order chi connectivity index (χ0) is 20.1. The lowest BCUT2D eigenvalue weighted by molar-refractivity contribution is 0.0695. The van der Waals surface area contributed by atoms with Crippen molar-refractivity contribution in [1.29, 1.82) is 0 Å².